The van der Waals surface area contributed by atoms with Crippen LogP contribution in [0.2, 0.25) is 0 Å². The molecule has 0 heterocycles. The van der Waals surface area contributed by atoms with Gasteiger partial charge in [0.2, 0.25) is 0 Å². The Hall–Kier alpha value is -0.890. The normalized spacial score (nSPS) is 11.4. The van der Waals surface area contributed by atoms with E-state index in [4.69, 9.17) is 0 Å². The summed E-state index contributed by atoms with van der Waals surface area (Å²) in [6.07, 6.45) is 2.16. The summed E-state index contributed by atoms with van der Waals surface area (Å²) in [5, 5.41) is 0. The molecule has 0 N–H and O–H groups in total. The Morgan fingerprint density at radius 1 is 1.38 bits per heavy atom. The average molecular weight is 239 g/mol. The zero-order valence-corrected chi connectivity index (χ0v) is 9.04. The molecular formula is C11H11BrO. The van der Waals surface area contributed by atoms with Crippen molar-refractivity contribution in [3.05, 3.63) is 42.0 Å². The first-order valence-electron chi connectivity index (χ1n) is 4.19. The van der Waals surface area contributed by atoms with Gasteiger partial charge in [-0.05, 0) is 11.6 Å². The summed E-state index contributed by atoms with van der Waals surface area (Å²) in [5.74, 6) is 0.135. The Kier molecular flexibility index (Phi) is 3.90. The number of carbonyl (C=O) groups is 1. The Morgan fingerprint density at radius 2 is 2.00 bits per heavy atom. The molecule has 0 radical (unpaired) electrons. The molecule has 1 aromatic carbocycles. The lowest BCUT2D eigenvalue weighted by Crippen LogP contribution is -1.88. The molecular weight excluding hydrogens is 228 g/mol. The molecule has 13 heavy (non-hydrogen) atoms. The van der Waals surface area contributed by atoms with Crippen LogP contribution < -0.4 is 0 Å². The highest BCUT2D eigenvalue weighted by atomic mass is 79.9. The fourth-order valence-electron chi connectivity index (χ4n) is 0.924. The summed E-state index contributed by atoms with van der Waals surface area (Å²) in [7, 11) is 0. The molecule has 0 bridgehead atoms. The highest BCUT2D eigenvalue weighted by Gasteiger charge is 1.98. The first-order chi connectivity index (χ1) is 6.24. The van der Waals surface area contributed by atoms with E-state index in [2.05, 4.69) is 15.9 Å². The predicted molar refractivity (Wildman–Crippen MR) is 58.6 cm³/mol. The number of hydrogen-bond acceptors (Lipinski definition) is 1. The van der Waals surface area contributed by atoms with Gasteiger partial charge in [0.05, 0.1) is 0 Å². The fourth-order valence-corrected chi connectivity index (χ4v) is 1.44. The van der Waals surface area contributed by atoms with E-state index in [0.29, 0.717) is 6.42 Å². The van der Waals surface area contributed by atoms with Crippen LogP contribution in [0.3, 0.4) is 0 Å². The molecule has 0 fully saturated rings. The number of hydrogen-bond donors (Lipinski definition) is 0. The quantitative estimate of drug-likeness (QED) is 0.739. The highest BCUT2D eigenvalue weighted by molar-refractivity contribution is 9.15. The van der Waals surface area contributed by atoms with Crippen LogP contribution in [0.15, 0.2) is 36.4 Å². The maximum atomic E-state index is 11.1. The van der Waals surface area contributed by atoms with Gasteiger partial charge in [-0.3, -0.25) is 4.79 Å². The van der Waals surface area contributed by atoms with E-state index >= 15 is 0 Å². The lowest BCUT2D eigenvalue weighted by molar-refractivity contribution is -0.114. The predicted octanol–water partition coefficient (Wildman–Crippen LogP) is 3.40. The second-order valence-corrected chi connectivity index (χ2v) is 3.53. The standard InChI is InChI=1S/C11H11BrO/c1-2-10(13)8-11(12)9-6-4-3-5-7-9/h3-8H,2H2,1H3. The molecule has 1 nitrogen and oxygen atoms in total. The molecule has 0 aliphatic carbocycles. The summed E-state index contributed by atoms with van der Waals surface area (Å²) in [6, 6.07) is 9.76. The van der Waals surface area contributed by atoms with Crippen LogP contribution in [0.25, 0.3) is 4.48 Å². The Balaban J connectivity index is 2.85. The summed E-state index contributed by atoms with van der Waals surface area (Å²) in [6.45, 7) is 1.85. The first-order valence-corrected chi connectivity index (χ1v) is 4.98. The number of rotatable bonds is 3. The minimum absolute atomic E-state index is 0.135. The van der Waals surface area contributed by atoms with E-state index in [9.17, 15) is 4.79 Å². The molecule has 0 aromatic heterocycles. The monoisotopic (exact) mass is 238 g/mol. The molecule has 0 unspecified atom stereocenters. The molecule has 1 aromatic rings. The SMILES string of the molecule is CCC(=O)C=C(Br)c1ccccc1. The van der Waals surface area contributed by atoms with Crippen LogP contribution in [0.4, 0.5) is 0 Å². The topological polar surface area (TPSA) is 17.1 Å². The number of carbonyl (C=O) groups excluding carboxylic acids is 1. The van der Waals surface area contributed by atoms with Crippen LogP contribution in [0, 0.1) is 0 Å². The first kappa shape index (κ1) is 10.2. The van der Waals surface area contributed by atoms with Gasteiger partial charge in [0.15, 0.2) is 5.78 Å². The maximum Gasteiger partial charge on any atom is 0.156 e. The molecule has 0 saturated heterocycles. The Bertz CT molecular complexity index is 314. The second kappa shape index (κ2) is 4.97. The van der Waals surface area contributed by atoms with E-state index < -0.39 is 0 Å². The highest BCUT2D eigenvalue weighted by Crippen LogP contribution is 2.20. The third-order valence-corrected chi connectivity index (χ3v) is 2.37. The van der Waals surface area contributed by atoms with E-state index in [1.165, 1.54) is 0 Å². The van der Waals surface area contributed by atoms with Crippen molar-refractivity contribution in [2.24, 2.45) is 0 Å². The smallest absolute Gasteiger partial charge is 0.156 e. The van der Waals surface area contributed by atoms with Gasteiger partial charge in [-0.15, -0.1) is 0 Å². The van der Waals surface area contributed by atoms with Crippen LogP contribution in [0.1, 0.15) is 18.9 Å². The molecule has 0 amide bonds. The van der Waals surface area contributed by atoms with Crippen molar-refractivity contribution < 1.29 is 4.79 Å². The fraction of sp³-hybridized carbons (Fsp3) is 0.182. The van der Waals surface area contributed by atoms with E-state index in [1.807, 2.05) is 37.3 Å². The van der Waals surface area contributed by atoms with Crippen LogP contribution in [0.5, 0.6) is 0 Å². The zero-order chi connectivity index (χ0) is 9.68. The van der Waals surface area contributed by atoms with Gasteiger partial charge in [0, 0.05) is 10.9 Å². The zero-order valence-electron chi connectivity index (χ0n) is 7.46. The molecule has 2 heteroatoms. The second-order valence-electron chi connectivity index (χ2n) is 2.68. The van der Waals surface area contributed by atoms with Crippen molar-refractivity contribution in [1.82, 2.24) is 0 Å². The summed E-state index contributed by atoms with van der Waals surface area (Å²) in [5.41, 5.74) is 1.03. The van der Waals surface area contributed by atoms with Gasteiger partial charge in [0.1, 0.15) is 0 Å². The molecule has 0 aliphatic heterocycles. The van der Waals surface area contributed by atoms with Crippen molar-refractivity contribution in [3.8, 4) is 0 Å². The maximum absolute atomic E-state index is 11.1. The number of halogens is 1. The van der Waals surface area contributed by atoms with Crippen molar-refractivity contribution >= 4 is 26.2 Å². The van der Waals surface area contributed by atoms with Crippen molar-refractivity contribution in [3.63, 3.8) is 0 Å². The lowest BCUT2D eigenvalue weighted by atomic mass is 10.2. The van der Waals surface area contributed by atoms with Crippen molar-refractivity contribution in [2.75, 3.05) is 0 Å². The third-order valence-electron chi connectivity index (χ3n) is 1.69. The van der Waals surface area contributed by atoms with E-state index in [-0.39, 0.29) is 5.78 Å². The van der Waals surface area contributed by atoms with Gasteiger partial charge in [-0.2, -0.15) is 0 Å². The average Bonchev–Trinajstić information content (AvgIpc) is 2.19. The molecule has 1 rings (SSSR count). The van der Waals surface area contributed by atoms with Crippen molar-refractivity contribution in [1.29, 1.82) is 0 Å². The Labute approximate surface area is 86.6 Å². The summed E-state index contributed by atoms with van der Waals surface area (Å²) < 4.78 is 0.847. The van der Waals surface area contributed by atoms with Gasteiger partial charge >= 0.3 is 0 Å². The number of allylic oxidation sites excluding steroid dienone is 1. The van der Waals surface area contributed by atoms with Crippen molar-refractivity contribution in [2.45, 2.75) is 13.3 Å². The Morgan fingerprint density at radius 3 is 2.54 bits per heavy atom. The van der Waals surface area contributed by atoms with Crippen LogP contribution in [-0.4, -0.2) is 5.78 Å². The molecule has 0 saturated carbocycles. The number of benzene rings is 1. The molecule has 0 aliphatic rings. The van der Waals surface area contributed by atoms with Gasteiger partial charge in [-0.25, -0.2) is 0 Å². The minimum Gasteiger partial charge on any atom is -0.295 e. The summed E-state index contributed by atoms with van der Waals surface area (Å²) in [4.78, 5) is 11.1. The van der Waals surface area contributed by atoms with Crippen LogP contribution >= 0.6 is 15.9 Å². The minimum atomic E-state index is 0.135. The number of ketones is 1. The summed E-state index contributed by atoms with van der Waals surface area (Å²) >= 11 is 3.37. The van der Waals surface area contributed by atoms with Gasteiger partial charge < -0.3 is 0 Å². The van der Waals surface area contributed by atoms with Crippen LogP contribution in [-0.2, 0) is 4.79 Å². The van der Waals surface area contributed by atoms with E-state index in [0.717, 1.165) is 10.0 Å². The lowest BCUT2D eigenvalue weighted by Gasteiger charge is -1.97. The molecule has 0 spiro atoms. The van der Waals surface area contributed by atoms with Gasteiger partial charge in [-0.1, -0.05) is 53.2 Å². The third kappa shape index (κ3) is 3.15. The molecule has 68 valence electrons. The molecule has 0 atom stereocenters. The largest absolute Gasteiger partial charge is 0.295 e. The van der Waals surface area contributed by atoms with E-state index in [1.54, 1.807) is 6.08 Å². The van der Waals surface area contributed by atoms with Gasteiger partial charge in [0.25, 0.3) is 0 Å².